The molecule has 1 saturated heterocycles. The summed E-state index contributed by atoms with van der Waals surface area (Å²) in [5.74, 6) is -1.74. The van der Waals surface area contributed by atoms with Crippen LogP contribution in [-0.4, -0.2) is 49.6 Å². The van der Waals surface area contributed by atoms with Gasteiger partial charge in [-0.2, -0.15) is 0 Å². The summed E-state index contributed by atoms with van der Waals surface area (Å²) in [6, 6.07) is -1.26. The topological polar surface area (TPSA) is 113 Å². The van der Waals surface area contributed by atoms with Crippen LogP contribution >= 0.6 is 0 Å². The number of β-lactam (4-membered cyclic amide) rings is 1. The molecule has 86 valence electrons. The Hall–Kier alpha value is -1.15. The van der Waals surface area contributed by atoms with Crippen LogP contribution in [0, 0.1) is 0 Å². The number of amides is 1. The van der Waals surface area contributed by atoms with Crippen LogP contribution in [-0.2, 0) is 19.4 Å². The number of hydrogen-bond acceptors (Lipinski definition) is 5. The molecule has 0 bridgehead atoms. The first-order chi connectivity index (χ1) is 6.79. The molecule has 0 aliphatic carbocycles. The second kappa shape index (κ2) is 4.15. The van der Waals surface area contributed by atoms with Gasteiger partial charge in [-0.1, -0.05) is 0 Å². The summed E-state index contributed by atoms with van der Waals surface area (Å²) >= 11 is 0. The molecular formula is C7H12N2O5S. The SMILES string of the molecule is CS(=O)(=O)CN[C@H]1C(=O)N[C@@H]1CC(=O)O. The van der Waals surface area contributed by atoms with Gasteiger partial charge in [0.25, 0.3) is 0 Å². The molecular weight excluding hydrogens is 224 g/mol. The molecule has 0 unspecified atom stereocenters. The lowest BCUT2D eigenvalue weighted by Gasteiger charge is -2.36. The van der Waals surface area contributed by atoms with Crippen molar-refractivity contribution in [2.24, 2.45) is 0 Å². The van der Waals surface area contributed by atoms with E-state index in [1.165, 1.54) is 0 Å². The van der Waals surface area contributed by atoms with Gasteiger partial charge in [-0.25, -0.2) is 8.42 Å². The van der Waals surface area contributed by atoms with Gasteiger partial charge in [-0.05, 0) is 0 Å². The fraction of sp³-hybridized carbons (Fsp3) is 0.714. The zero-order valence-electron chi connectivity index (χ0n) is 8.06. The van der Waals surface area contributed by atoms with Gasteiger partial charge in [0, 0.05) is 6.26 Å². The average molecular weight is 236 g/mol. The summed E-state index contributed by atoms with van der Waals surface area (Å²) in [5.41, 5.74) is 0. The van der Waals surface area contributed by atoms with E-state index in [1.54, 1.807) is 0 Å². The van der Waals surface area contributed by atoms with E-state index in [0.717, 1.165) is 6.26 Å². The van der Waals surface area contributed by atoms with E-state index in [2.05, 4.69) is 10.6 Å². The van der Waals surface area contributed by atoms with Gasteiger partial charge in [0.05, 0.1) is 18.3 Å². The zero-order valence-corrected chi connectivity index (χ0v) is 8.87. The highest BCUT2D eigenvalue weighted by Gasteiger charge is 2.40. The second-order valence-electron chi connectivity index (χ2n) is 3.46. The molecule has 0 radical (unpaired) electrons. The fourth-order valence-electron chi connectivity index (χ4n) is 1.28. The summed E-state index contributed by atoms with van der Waals surface area (Å²) in [6.07, 6.45) is 0.815. The van der Waals surface area contributed by atoms with Gasteiger partial charge in [0.15, 0.2) is 9.84 Å². The van der Waals surface area contributed by atoms with Crippen LogP contribution in [0.25, 0.3) is 0 Å². The van der Waals surface area contributed by atoms with Crippen LogP contribution in [0.1, 0.15) is 6.42 Å². The lowest BCUT2D eigenvalue weighted by molar-refractivity contribution is -0.140. The predicted molar refractivity (Wildman–Crippen MR) is 50.8 cm³/mol. The number of carboxylic acids is 1. The van der Waals surface area contributed by atoms with Gasteiger partial charge in [0.1, 0.15) is 6.04 Å². The number of nitrogens with one attached hydrogen (secondary N) is 2. The number of rotatable bonds is 5. The molecule has 1 amide bonds. The molecule has 0 aromatic rings. The van der Waals surface area contributed by atoms with Crippen molar-refractivity contribution in [1.29, 1.82) is 0 Å². The van der Waals surface area contributed by atoms with E-state index >= 15 is 0 Å². The van der Waals surface area contributed by atoms with Crippen LogP contribution in [0.2, 0.25) is 0 Å². The predicted octanol–water partition coefficient (Wildman–Crippen LogP) is -2.08. The number of sulfone groups is 1. The summed E-state index contributed by atoms with van der Waals surface area (Å²) in [7, 11) is -3.21. The van der Waals surface area contributed by atoms with Gasteiger partial charge >= 0.3 is 5.97 Å². The van der Waals surface area contributed by atoms with Gasteiger partial charge in [0.2, 0.25) is 5.91 Å². The molecule has 0 spiro atoms. The lowest BCUT2D eigenvalue weighted by atomic mass is 9.96. The molecule has 0 aromatic carbocycles. The Morgan fingerprint density at radius 1 is 1.60 bits per heavy atom. The Balaban J connectivity index is 2.46. The lowest BCUT2D eigenvalue weighted by Crippen LogP contribution is -2.69. The first kappa shape index (κ1) is 11.9. The standard InChI is InChI=1S/C7H12N2O5S/c1-15(13,14)3-8-6-4(2-5(10)11)9-7(6)12/h4,6,8H,2-3H2,1H3,(H,9,12)(H,10,11)/t4-,6-/m1/s1. The van der Waals surface area contributed by atoms with E-state index in [0.29, 0.717) is 0 Å². The third kappa shape index (κ3) is 3.48. The average Bonchev–Trinajstić information content (AvgIpc) is 2.00. The summed E-state index contributed by atoms with van der Waals surface area (Å²) < 4.78 is 21.6. The maximum absolute atomic E-state index is 11.0. The van der Waals surface area contributed by atoms with Crippen molar-refractivity contribution in [3.63, 3.8) is 0 Å². The van der Waals surface area contributed by atoms with Crippen LogP contribution in [0.3, 0.4) is 0 Å². The molecule has 8 heteroatoms. The second-order valence-corrected chi connectivity index (χ2v) is 5.61. The number of carboxylic acid groups (broad SMARTS) is 1. The minimum absolute atomic E-state index is 0.215. The maximum Gasteiger partial charge on any atom is 0.305 e. The van der Waals surface area contributed by atoms with Crippen LogP contribution in [0.4, 0.5) is 0 Å². The first-order valence-electron chi connectivity index (χ1n) is 4.23. The van der Waals surface area contributed by atoms with E-state index in [9.17, 15) is 18.0 Å². The molecule has 1 aliphatic rings. The Morgan fingerprint density at radius 2 is 2.20 bits per heavy atom. The van der Waals surface area contributed by atoms with Crippen molar-refractivity contribution in [1.82, 2.24) is 10.6 Å². The van der Waals surface area contributed by atoms with Crippen molar-refractivity contribution >= 4 is 21.7 Å². The van der Waals surface area contributed by atoms with Crippen molar-refractivity contribution in [3.05, 3.63) is 0 Å². The largest absolute Gasteiger partial charge is 0.481 e. The van der Waals surface area contributed by atoms with E-state index in [-0.39, 0.29) is 18.2 Å². The fourth-order valence-corrected chi connectivity index (χ4v) is 1.76. The minimum Gasteiger partial charge on any atom is -0.481 e. The van der Waals surface area contributed by atoms with E-state index < -0.39 is 27.9 Å². The molecule has 7 nitrogen and oxygen atoms in total. The van der Waals surface area contributed by atoms with Crippen molar-refractivity contribution in [2.75, 3.05) is 12.1 Å². The molecule has 2 atom stereocenters. The van der Waals surface area contributed by atoms with Crippen molar-refractivity contribution < 1.29 is 23.1 Å². The normalized spacial score (nSPS) is 25.5. The highest BCUT2D eigenvalue weighted by Crippen LogP contribution is 2.10. The number of hydrogen-bond donors (Lipinski definition) is 3. The Kier molecular flexibility index (Phi) is 3.30. The van der Waals surface area contributed by atoms with E-state index in [1.807, 2.05) is 0 Å². The summed E-state index contributed by atoms with van der Waals surface area (Å²) in [5, 5.41) is 13.4. The van der Waals surface area contributed by atoms with Crippen LogP contribution < -0.4 is 10.6 Å². The maximum atomic E-state index is 11.0. The van der Waals surface area contributed by atoms with Crippen LogP contribution in [0.15, 0.2) is 0 Å². The zero-order chi connectivity index (χ0) is 11.6. The quantitative estimate of drug-likeness (QED) is 0.472. The Morgan fingerprint density at radius 3 is 2.60 bits per heavy atom. The Labute approximate surface area is 86.8 Å². The number of carbonyl (C=O) groups is 2. The first-order valence-corrected chi connectivity index (χ1v) is 6.29. The molecule has 0 aromatic heterocycles. The number of carbonyl (C=O) groups excluding carboxylic acids is 1. The van der Waals surface area contributed by atoms with Gasteiger partial charge in [-0.15, -0.1) is 0 Å². The molecule has 3 N–H and O–H groups in total. The highest BCUT2D eigenvalue weighted by molar-refractivity contribution is 7.90. The molecule has 15 heavy (non-hydrogen) atoms. The molecule has 1 fully saturated rings. The monoisotopic (exact) mass is 236 g/mol. The molecule has 1 rings (SSSR count). The molecule has 1 aliphatic heterocycles. The molecule has 1 heterocycles. The smallest absolute Gasteiger partial charge is 0.305 e. The minimum atomic E-state index is -3.21. The van der Waals surface area contributed by atoms with Gasteiger partial charge in [-0.3, -0.25) is 14.9 Å². The Bertz CT molecular complexity index is 377. The summed E-state index contributed by atoms with van der Waals surface area (Å²) in [4.78, 5) is 21.3. The van der Waals surface area contributed by atoms with Crippen molar-refractivity contribution in [2.45, 2.75) is 18.5 Å². The van der Waals surface area contributed by atoms with Gasteiger partial charge < -0.3 is 10.4 Å². The highest BCUT2D eigenvalue weighted by atomic mass is 32.2. The third-order valence-corrected chi connectivity index (χ3v) is 2.66. The van der Waals surface area contributed by atoms with E-state index in [4.69, 9.17) is 5.11 Å². The summed E-state index contributed by atoms with van der Waals surface area (Å²) in [6.45, 7) is 0. The third-order valence-electron chi connectivity index (χ3n) is 1.97. The van der Waals surface area contributed by atoms with Crippen molar-refractivity contribution in [3.8, 4) is 0 Å². The van der Waals surface area contributed by atoms with Crippen LogP contribution in [0.5, 0.6) is 0 Å². The molecule has 0 saturated carbocycles. The number of aliphatic carboxylic acids is 1.